The fourth-order valence-corrected chi connectivity index (χ4v) is 5.41. The molecule has 0 aromatic heterocycles. The topological polar surface area (TPSA) is 135 Å². The Morgan fingerprint density at radius 3 is 2.35 bits per heavy atom. The third-order valence-corrected chi connectivity index (χ3v) is 7.45. The van der Waals surface area contributed by atoms with Crippen molar-refractivity contribution in [1.29, 1.82) is 5.26 Å². The molecule has 0 bridgehead atoms. The summed E-state index contributed by atoms with van der Waals surface area (Å²) in [5.41, 5.74) is 1.20. The first kappa shape index (κ1) is 28.4. The molecule has 0 spiro atoms. The maximum Gasteiger partial charge on any atom is 0.339 e. The van der Waals surface area contributed by atoms with E-state index in [2.05, 4.69) is 26.6 Å². The van der Waals surface area contributed by atoms with E-state index in [0.29, 0.717) is 16.9 Å². The molecule has 0 atom stereocenters. The molecular formula is C29H22BrN3O6S. The fourth-order valence-electron chi connectivity index (χ4n) is 3.81. The average Bonchev–Trinajstić information content (AvgIpc) is 2.93. The summed E-state index contributed by atoms with van der Waals surface area (Å²) in [6.45, 7) is 1.34. The van der Waals surface area contributed by atoms with Crippen molar-refractivity contribution in [2.45, 2.75) is 11.8 Å². The molecule has 2 N–H and O–H groups in total. The molecule has 0 heterocycles. The van der Waals surface area contributed by atoms with Crippen LogP contribution in [0.25, 0.3) is 16.8 Å². The number of rotatable bonds is 8. The molecule has 40 heavy (non-hydrogen) atoms. The van der Waals surface area contributed by atoms with Crippen LogP contribution in [0.2, 0.25) is 0 Å². The number of nitriles is 1. The highest BCUT2D eigenvalue weighted by atomic mass is 79.9. The normalized spacial score (nSPS) is 11.4. The summed E-state index contributed by atoms with van der Waals surface area (Å²) in [5, 5.41) is 16.8. The van der Waals surface area contributed by atoms with Gasteiger partial charge in [-0.1, -0.05) is 36.4 Å². The second kappa shape index (κ2) is 12.0. The standard InChI is InChI=1S/C29H22BrN3O6S/c1-18(34)32-22-10-12-23(13-11-22)40(36,37)39-28-25(30)15-19(16-27(28)38-2)14-21(17-31)29(35)33-26-9-5-7-20-6-3-4-8-24(20)26/h3-16H,1-2H3,(H,32,34)(H,33,35)/b21-14+. The molecule has 0 saturated carbocycles. The smallest absolute Gasteiger partial charge is 0.339 e. The average molecular weight is 620 g/mol. The third kappa shape index (κ3) is 6.48. The Balaban J connectivity index is 1.60. The Hall–Kier alpha value is -4.66. The van der Waals surface area contributed by atoms with Gasteiger partial charge < -0.3 is 19.6 Å². The van der Waals surface area contributed by atoms with Crippen molar-refractivity contribution in [3.8, 4) is 17.6 Å². The predicted molar refractivity (Wildman–Crippen MR) is 155 cm³/mol. The highest BCUT2D eigenvalue weighted by molar-refractivity contribution is 9.10. The molecule has 4 rings (SSSR count). The van der Waals surface area contributed by atoms with E-state index >= 15 is 0 Å². The van der Waals surface area contributed by atoms with Gasteiger partial charge in [0.15, 0.2) is 11.5 Å². The van der Waals surface area contributed by atoms with Gasteiger partial charge in [0.1, 0.15) is 16.5 Å². The molecule has 4 aromatic rings. The lowest BCUT2D eigenvalue weighted by Gasteiger charge is -2.14. The molecule has 0 aliphatic heterocycles. The Bertz CT molecular complexity index is 1790. The van der Waals surface area contributed by atoms with Gasteiger partial charge in [-0.25, -0.2) is 0 Å². The largest absolute Gasteiger partial charge is 0.493 e. The number of amides is 2. The van der Waals surface area contributed by atoms with Gasteiger partial charge in [-0.2, -0.15) is 13.7 Å². The second-order valence-corrected chi connectivity index (χ2v) is 10.8. The summed E-state index contributed by atoms with van der Waals surface area (Å²) in [6, 6.07) is 23.3. The van der Waals surface area contributed by atoms with Crippen LogP contribution >= 0.6 is 15.9 Å². The van der Waals surface area contributed by atoms with Gasteiger partial charge in [0.25, 0.3) is 5.91 Å². The highest BCUT2D eigenvalue weighted by Gasteiger charge is 2.22. The Morgan fingerprint density at radius 2 is 1.68 bits per heavy atom. The van der Waals surface area contributed by atoms with E-state index in [9.17, 15) is 23.3 Å². The predicted octanol–water partition coefficient (Wildman–Crippen LogP) is 5.88. The van der Waals surface area contributed by atoms with Crippen LogP contribution in [0, 0.1) is 11.3 Å². The number of halogens is 1. The van der Waals surface area contributed by atoms with Crippen LogP contribution in [0.5, 0.6) is 11.5 Å². The first-order chi connectivity index (χ1) is 19.1. The lowest BCUT2D eigenvalue weighted by molar-refractivity contribution is -0.114. The molecule has 9 nitrogen and oxygen atoms in total. The molecule has 202 valence electrons. The first-order valence-electron chi connectivity index (χ1n) is 11.7. The fraction of sp³-hybridized carbons (Fsp3) is 0.0690. The van der Waals surface area contributed by atoms with Crippen molar-refractivity contribution < 1.29 is 26.9 Å². The number of nitrogens with one attached hydrogen (secondary N) is 2. The summed E-state index contributed by atoms with van der Waals surface area (Å²) in [5.74, 6) is -0.977. The quantitative estimate of drug-likeness (QED) is 0.143. The van der Waals surface area contributed by atoms with E-state index in [1.54, 1.807) is 12.1 Å². The molecule has 0 radical (unpaired) electrons. The maximum atomic E-state index is 13.0. The van der Waals surface area contributed by atoms with Gasteiger partial charge in [0.05, 0.1) is 11.6 Å². The monoisotopic (exact) mass is 619 g/mol. The van der Waals surface area contributed by atoms with Crippen molar-refractivity contribution in [3.63, 3.8) is 0 Å². The molecule has 0 unspecified atom stereocenters. The first-order valence-corrected chi connectivity index (χ1v) is 13.9. The van der Waals surface area contributed by atoms with Crippen LogP contribution in [0.15, 0.2) is 93.8 Å². The van der Waals surface area contributed by atoms with Crippen LogP contribution in [-0.4, -0.2) is 27.3 Å². The van der Waals surface area contributed by atoms with E-state index in [-0.39, 0.29) is 32.3 Å². The number of hydrogen-bond acceptors (Lipinski definition) is 7. The summed E-state index contributed by atoms with van der Waals surface area (Å²) in [7, 11) is -2.95. The second-order valence-electron chi connectivity index (χ2n) is 8.43. The summed E-state index contributed by atoms with van der Waals surface area (Å²) in [4.78, 5) is 24.0. The highest BCUT2D eigenvalue weighted by Crippen LogP contribution is 2.39. The van der Waals surface area contributed by atoms with Gasteiger partial charge >= 0.3 is 10.1 Å². The minimum atomic E-state index is -4.27. The van der Waals surface area contributed by atoms with Crippen LogP contribution in [0.4, 0.5) is 11.4 Å². The molecule has 0 aliphatic rings. The van der Waals surface area contributed by atoms with Crippen LogP contribution in [0.1, 0.15) is 12.5 Å². The zero-order valence-corrected chi connectivity index (χ0v) is 23.7. The van der Waals surface area contributed by atoms with E-state index < -0.39 is 16.0 Å². The van der Waals surface area contributed by atoms with E-state index in [1.807, 2.05) is 36.4 Å². The molecule has 2 amide bonds. The number of fused-ring (bicyclic) bond motifs is 1. The molecule has 0 saturated heterocycles. The summed E-state index contributed by atoms with van der Waals surface area (Å²) < 4.78 is 36.8. The Morgan fingerprint density at radius 1 is 0.975 bits per heavy atom. The number of nitrogens with zero attached hydrogens (tertiary/aromatic N) is 1. The number of carbonyl (C=O) groups is 2. The van der Waals surface area contributed by atoms with Crippen LogP contribution in [0.3, 0.4) is 0 Å². The van der Waals surface area contributed by atoms with Crippen molar-refractivity contribution in [1.82, 2.24) is 0 Å². The van der Waals surface area contributed by atoms with Gasteiger partial charge in [-0.3, -0.25) is 9.59 Å². The molecule has 0 fully saturated rings. The lowest BCUT2D eigenvalue weighted by Crippen LogP contribution is -2.13. The van der Waals surface area contributed by atoms with Gasteiger partial charge in [-0.15, -0.1) is 0 Å². The van der Waals surface area contributed by atoms with Crippen LogP contribution < -0.4 is 19.6 Å². The number of methoxy groups -OCH3 is 1. The van der Waals surface area contributed by atoms with E-state index in [1.165, 1.54) is 56.5 Å². The Kier molecular flexibility index (Phi) is 8.52. The number of hydrogen-bond donors (Lipinski definition) is 2. The number of benzene rings is 4. The van der Waals surface area contributed by atoms with Crippen molar-refractivity contribution in [3.05, 3.63) is 94.5 Å². The minimum Gasteiger partial charge on any atom is -0.493 e. The zero-order chi connectivity index (χ0) is 28.9. The summed E-state index contributed by atoms with van der Waals surface area (Å²) in [6.07, 6.45) is 1.35. The van der Waals surface area contributed by atoms with E-state index in [0.717, 1.165) is 10.8 Å². The number of carbonyl (C=O) groups excluding carboxylic acids is 2. The van der Waals surface area contributed by atoms with Gasteiger partial charge in [0, 0.05) is 23.7 Å². The number of anilines is 2. The Labute approximate surface area is 239 Å². The summed E-state index contributed by atoms with van der Waals surface area (Å²) >= 11 is 3.30. The minimum absolute atomic E-state index is 0.0471. The van der Waals surface area contributed by atoms with Gasteiger partial charge in [-0.05, 0) is 75.4 Å². The van der Waals surface area contributed by atoms with Crippen molar-refractivity contribution in [2.24, 2.45) is 0 Å². The molecular weight excluding hydrogens is 598 g/mol. The van der Waals surface area contributed by atoms with Crippen molar-refractivity contribution >= 4 is 66.1 Å². The van der Waals surface area contributed by atoms with Crippen molar-refractivity contribution in [2.75, 3.05) is 17.7 Å². The SMILES string of the molecule is COc1cc(/C=C(\C#N)C(=O)Nc2cccc3ccccc23)cc(Br)c1OS(=O)(=O)c1ccc(NC(C)=O)cc1. The maximum absolute atomic E-state index is 13.0. The molecule has 11 heteroatoms. The number of ether oxygens (including phenoxy) is 1. The zero-order valence-electron chi connectivity index (χ0n) is 21.3. The lowest BCUT2D eigenvalue weighted by atomic mass is 10.1. The van der Waals surface area contributed by atoms with Gasteiger partial charge in [0.2, 0.25) is 5.91 Å². The molecule has 0 aliphatic carbocycles. The van der Waals surface area contributed by atoms with Crippen LogP contribution in [-0.2, 0) is 19.7 Å². The molecule has 4 aromatic carbocycles. The van der Waals surface area contributed by atoms with E-state index in [4.69, 9.17) is 8.92 Å². The third-order valence-electron chi connectivity index (χ3n) is 5.62.